The van der Waals surface area contributed by atoms with Crippen molar-refractivity contribution in [2.75, 3.05) is 19.0 Å². The van der Waals surface area contributed by atoms with E-state index in [0.717, 1.165) is 0 Å². The van der Waals surface area contributed by atoms with E-state index >= 15 is 0 Å². The number of nitrogens with two attached hydrogens (primary N) is 1. The van der Waals surface area contributed by atoms with Gasteiger partial charge < -0.3 is 20.8 Å². The molecule has 0 bridgehead atoms. The lowest BCUT2D eigenvalue weighted by atomic mass is 10.1. The fourth-order valence-corrected chi connectivity index (χ4v) is 1.15. The Balaban J connectivity index is 2.74. The maximum absolute atomic E-state index is 11.4. The van der Waals surface area contributed by atoms with Crippen molar-refractivity contribution in [2.45, 2.75) is 19.9 Å². The molecule has 1 aromatic heterocycles. The molecule has 1 atom stereocenters. The lowest BCUT2D eigenvalue weighted by Gasteiger charge is -2.17. The van der Waals surface area contributed by atoms with Crippen LogP contribution in [0.4, 0.5) is 5.82 Å². The van der Waals surface area contributed by atoms with Crippen molar-refractivity contribution < 1.29 is 4.74 Å². The molecule has 0 amide bonds. The maximum Gasteiger partial charge on any atom is 0.295 e. The van der Waals surface area contributed by atoms with Crippen LogP contribution in [0.5, 0.6) is 5.75 Å². The predicted molar refractivity (Wildman–Crippen MR) is 62.7 cm³/mol. The number of anilines is 1. The van der Waals surface area contributed by atoms with Gasteiger partial charge in [0.15, 0.2) is 5.82 Å². The number of aromatic amines is 1. The van der Waals surface area contributed by atoms with E-state index in [0.29, 0.717) is 18.3 Å². The highest BCUT2D eigenvalue weighted by atomic mass is 16.5. The van der Waals surface area contributed by atoms with Crippen LogP contribution in [0, 0.1) is 5.92 Å². The van der Waals surface area contributed by atoms with E-state index in [4.69, 9.17) is 10.5 Å². The van der Waals surface area contributed by atoms with E-state index in [9.17, 15) is 4.79 Å². The van der Waals surface area contributed by atoms with Gasteiger partial charge in [-0.25, -0.2) is 4.98 Å². The minimum absolute atomic E-state index is 0.00536. The summed E-state index contributed by atoms with van der Waals surface area (Å²) < 4.78 is 4.96. The van der Waals surface area contributed by atoms with Crippen LogP contribution in [0.3, 0.4) is 0 Å². The molecule has 1 rings (SSSR count). The lowest BCUT2D eigenvalue weighted by Crippen LogP contribution is -2.34. The summed E-state index contributed by atoms with van der Waals surface area (Å²) in [5.74, 6) is 0.960. The first-order valence-corrected chi connectivity index (χ1v) is 5.17. The summed E-state index contributed by atoms with van der Waals surface area (Å²) in [6, 6.07) is 0.00536. The summed E-state index contributed by atoms with van der Waals surface area (Å²) in [6.07, 6.45) is 1.33. The number of methoxy groups -OCH3 is 1. The molecule has 0 fully saturated rings. The Hall–Kier alpha value is -1.56. The molecule has 6 heteroatoms. The Morgan fingerprint density at radius 1 is 1.62 bits per heavy atom. The molecule has 0 aliphatic rings. The molecular formula is C10H18N4O2. The fourth-order valence-electron chi connectivity index (χ4n) is 1.15. The standard InChI is InChI=1S/C10H18N4O2/c1-6(2)7(11)4-12-9-8(16-3)10(15)14-5-13-9/h5-7H,4,11H2,1-3H3,(H2,12,13,14,15). The van der Waals surface area contributed by atoms with Crippen LogP contribution in [0.1, 0.15) is 13.8 Å². The van der Waals surface area contributed by atoms with Gasteiger partial charge in [0, 0.05) is 12.6 Å². The summed E-state index contributed by atoms with van der Waals surface area (Å²) in [6.45, 7) is 4.62. The Labute approximate surface area is 94.2 Å². The maximum atomic E-state index is 11.4. The molecule has 6 nitrogen and oxygen atoms in total. The second-order valence-electron chi connectivity index (χ2n) is 3.90. The molecule has 0 aliphatic heterocycles. The number of rotatable bonds is 5. The molecule has 4 N–H and O–H groups in total. The number of ether oxygens (including phenoxy) is 1. The van der Waals surface area contributed by atoms with Gasteiger partial charge in [-0.2, -0.15) is 0 Å². The largest absolute Gasteiger partial charge is 0.489 e. The first-order chi connectivity index (χ1) is 7.56. The van der Waals surface area contributed by atoms with Gasteiger partial charge in [0.2, 0.25) is 5.75 Å². The average molecular weight is 226 g/mol. The number of hydrogen-bond acceptors (Lipinski definition) is 5. The van der Waals surface area contributed by atoms with E-state index in [2.05, 4.69) is 15.3 Å². The van der Waals surface area contributed by atoms with Gasteiger partial charge in [-0.05, 0) is 5.92 Å². The molecule has 0 saturated carbocycles. The van der Waals surface area contributed by atoms with Gasteiger partial charge in [0.1, 0.15) is 0 Å². The molecule has 0 spiro atoms. The lowest BCUT2D eigenvalue weighted by molar-refractivity contribution is 0.407. The smallest absolute Gasteiger partial charge is 0.295 e. The third-order valence-corrected chi connectivity index (χ3v) is 2.38. The second-order valence-corrected chi connectivity index (χ2v) is 3.90. The van der Waals surface area contributed by atoms with E-state index in [1.165, 1.54) is 13.4 Å². The van der Waals surface area contributed by atoms with Crippen molar-refractivity contribution in [2.24, 2.45) is 11.7 Å². The summed E-state index contributed by atoms with van der Waals surface area (Å²) in [5, 5.41) is 3.00. The summed E-state index contributed by atoms with van der Waals surface area (Å²) >= 11 is 0. The highest BCUT2D eigenvalue weighted by Gasteiger charge is 2.11. The van der Waals surface area contributed by atoms with E-state index in [1.807, 2.05) is 13.8 Å². The van der Waals surface area contributed by atoms with E-state index in [-0.39, 0.29) is 17.4 Å². The Morgan fingerprint density at radius 2 is 2.31 bits per heavy atom. The molecule has 0 radical (unpaired) electrons. The Kier molecular flexibility index (Phi) is 4.30. The van der Waals surface area contributed by atoms with Crippen LogP contribution in [0.15, 0.2) is 11.1 Å². The van der Waals surface area contributed by atoms with E-state index in [1.54, 1.807) is 0 Å². The van der Waals surface area contributed by atoms with Crippen LogP contribution in [-0.2, 0) is 0 Å². The minimum Gasteiger partial charge on any atom is -0.489 e. The van der Waals surface area contributed by atoms with Crippen molar-refractivity contribution in [3.05, 3.63) is 16.7 Å². The normalized spacial score (nSPS) is 12.6. The first-order valence-electron chi connectivity index (χ1n) is 5.17. The molecule has 16 heavy (non-hydrogen) atoms. The van der Waals surface area contributed by atoms with Crippen LogP contribution < -0.4 is 21.3 Å². The second kappa shape index (κ2) is 5.50. The van der Waals surface area contributed by atoms with Crippen molar-refractivity contribution >= 4 is 5.82 Å². The van der Waals surface area contributed by atoms with Gasteiger partial charge in [0.05, 0.1) is 13.4 Å². The summed E-state index contributed by atoms with van der Waals surface area (Å²) in [7, 11) is 1.43. The van der Waals surface area contributed by atoms with Gasteiger partial charge in [-0.15, -0.1) is 0 Å². The average Bonchev–Trinajstić information content (AvgIpc) is 2.25. The third kappa shape index (κ3) is 2.96. The molecule has 0 aromatic carbocycles. The minimum atomic E-state index is -0.307. The molecule has 0 saturated heterocycles. The van der Waals surface area contributed by atoms with Gasteiger partial charge >= 0.3 is 0 Å². The highest BCUT2D eigenvalue weighted by molar-refractivity contribution is 5.47. The number of H-pyrrole nitrogens is 1. The monoisotopic (exact) mass is 226 g/mol. The van der Waals surface area contributed by atoms with Gasteiger partial charge in [0.25, 0.3) is 5.56 Å². The topological polar surface area (TPSA) is 93.0 Å². The van der Waals surface area contributed by atoms with Crippen LogP contribution in [0.2, 0.25) is 0 Å². The summed E-state index contributed by atoms with van der Waals surface area (Å²) in [4.78, 5) is 17.8. The quantitative estimate of drug-likeness (QED) is 0.665. The summed E-state index contributed by atoms with van der Waals surface area (Å²) in [5.41, 5.74) is 5.57. The SMILES string of the molecule is COc1c(NCC(N)C(C)C)nc[nH]c1=O. The predicted octanol–water partition coefficient (Wildman–Crippen LogP) is 0.174. The highest BCUT2D eigenvalue weighted by Crippen LogP contribution is 2.14. The molecule has 1 aromatic rings. The first kappa shape index (κ1) is 12.5. The molecule has 0 aliphatic carbocycles. The van der Waals surface area contributed by atoms with Gasteiger partial charge in [-0.1, -0.05) is 13.8 Å². The van der Waals surface area contributed by atoms with Crippen molar-refractivity contribution in [1.82, 2.24) is 9.97 Å². The Morgan fingerprint density at radius 3 is 2.88 bits per heavy atom. The van der Waals surface area contributed by atoms with Crippen molar-refractivity contribution in [3.63, 3.8) is 0 Å². The molecular weight excluding hydrogens is 208 g/mol. The van der Waals surface area contributed by atoms with Crippen LogP contribution in [-0.4, -0.2) is 29.7 Å². The Bertz CT molecular complexity index is 389. The molecule has 1 heterocycles. The van der Waals surface area contributed by atoms with Crippen molar-refractivity contribution in [1.29, 1.82) is 0 Å². The zero-order valence-electron chi connectivity index (χ0n) is 9.78. The number of aromatic nitrogens is 2. The zero-order chi connectivity index (χ0) is 12.1. The van der Waals surface area contributed by atoms with Crippen molar-refractivity contribution in [3.8, 4) is 5.75 Å². The fraction of sp³-hybridized carbons (Fsp3) is 0.600. The number of nitrogens with one attached hydrogen (secondary N) is 2. The molecule has 1 unspecified atom stereocenters. The number of nitrogens with zero attached hydrogens (tertiary/aromatic N) is 1. The molecule has 90 valence electrons. The number of hydrogen-bond donors (Lipinski definition) is 3. The van der Waals surface area contributed by atoms with Crippen LogP contribution >= 0.6 is 0 Å². The van der Waals surface area contributed by atoms with E-state index < -0.39 is 0 Å². The van der Waals surface area contributed by atoms with Crippen LogP contribution in [0.25, 0.3) is 0 Å². The zero-order valence-corrected chi connectivity index (χ0v) is 9.78. The third-order valence-electron chi connectivity index (χ3n) is 2.38. The van der Waals surface area contributed by atoms with Gasteiger partial charge in [-0.3, -0.25) is 4.79 Å².